The van der Waals surface area contributed by atoms with Gasteiger partial charge in [0.2, 0.25) is 0 Å². The minimum atomic E-state index is 0.231. The first-order valence-corrected chi connectivity index (χ1v) is 6.13. The Labute approximate surface area is 87.5 Å². The molecule has 13 heavy (non-hydrogen) atoms. The predicted molar refractivity (Wildman–Crippen MR) is 65.1 cm³/mol. The Morgan fingerprint density at radius 3 is 2.23 bits per heavy atom. The van der Waals surface area contributed by atoms with Crippen LogP contribution in [0.25, 0.3) is 0 Å². The fraction of sp³-hybridized carbons (Fsp3) is 0.667. The number of allylic oxidation sites excluding steroid dienone is 2. The first kappa shape index (κ1) is 12.8. The first-order valence-electron chi connectivity index (χ1n) is 4.85. The topological polar surface area (TPSA) is 0 Å². The molecule has 0 saturated heterocycles. The van der Waals surface area contributed by atoms with Crippen LogP contribution in [0.1, 0.15) is 40.5 Å². The molecule has 0 fully saturated rings. The van der Waals surface area contributed by atoms with Gasteiger partial charge in [0.25, 0.3) is 0 Å². The quantitative estimate of drug-likeness (QED) is 0.593. The standard InChI is InChI=1S/C12H22S/c1-7-8-10(2)11(9-13-6)12(3,4)5/h9H,2,7-8H2,1,3-6H3/b11-9+. The molecule has 0 aromatic rings. The summed E-state index contributed by atoms with van der Waals surface area (Å²) in [5.74, 6) is 0. The molecule has 0 bridgehead atoms. The highest BCUT2D eigenvalue weighted by atomic mass is 32.2. The Morgan fingerprint density at radius 1 is 1.38 bits per heavy atom. The molecule has 0 aliphatic heterocycles. The Hall–Kier alpha value is -0.170. The normalized spacial score (nSPS) is 13.2. The van der Waals surface area contributed by atoms with E-state index in [-0.39, 0.29) is 5.41 Å². The lowest BCUT2D eigenvalue weighted by atomic mass is 9.82. The zero-order valence-electron chi connectivity index (χ0n) is 9.61. The van der Waals surface area contributed by atoms with E-state index in [2.05, 4.69) is 45.9 Å². The van der Waals surface area contributed by atoms with Gasteiger partial charge >= 0.3 is 0 Å². The highest BCUT2D eigenvalue weighted by Crippen LogP contribution is 2.33. The second-order valence-corrected chi connectivity index (χ2v) is 5.08. The fourth-order valence-electron chi connectivity index (χ4n) is 1.34. The summed E-state index contributed by atoms with van der Waals surface area (Å²) in [6, 6.07) is 0. The Bertz CT molecular complexity index is 194. The van der Waals surface area contributed by atoms with Gasteiger partial charge in [0.1, 0.15) is 0 Å². The SMILES string of the molecule is C=C(CCC)/C(=C\SC)C(C)(C)C. The summed E-state index contributed by atoms with van der Waals surface area (Å²) >= 11 is 1.77. The summed E-state index contributed by atoms with van der Waals surface area (Å²) in [4.78, 5) is 0. The van der Waals surface area contributed by atoms with Gasteiger partial charge in [-0.15, -0.1) is 11.8 Å². The third-order valence-electron chi connectivity index (χ3n) is 1.98. The Kier molecular flexibility index (Phi) is 5.46. The van der Waals surface area contributed by atoms with Gasteiger partial charge in [0.05, 0.1) is 0 Å². The van der Waals surface area contributed by atoms with Gasteiger partial charge in [-0.3, -0.25) is 0 Å². The molecule has 0 aromatic heterocycles. The molecule has 0 rings (SSSR count). The highest BCUT2D eigenvalue weighted by Gasteiger charge is 2.18. The lowest BCUT2D eigenvalue weighted by molar-refractivity contribution is 0.507. The average Bonchev–Trinajstić information content (AvgIpc) is 1.98. The fourth-order valence-corrected chi connectivity index (χ4v) is 2.10. The van der Waals surface area contributed by atoms with Crippen molar-refractivity contribution in [2.24, 2.45) is 5.41 Å². The monoisotopic (exact) mass is 198 g/mol. The van der Waals surface area contributed by atoms with E-state index in [1.807, 2.05) is 0 Å². The first-order chi connectivity index (χ1) is 5.93. The third-order valence-corrected chi connectivity index (χ3v) is 2.45. The summed E-state index contributed by atoms with van der Waals surface area (Å²) in [6.45, 7) is 13.1. The maximum Gasteiger partial charge on any atom is -0.0124 e. The van der Waals surface area contributed by atoms with Crippen LogP contribution >= 0.6 is 11.8 Å². The van der Waals surface area contributed by atoms with Crippen LogP contribution < -0.4 is 0 Å². The van der Waals surface area contributed by atoms with Crippen molar-refractivity contribution in [1.82, 2.24) is 0 Å². The van der Waals surface area contributed by atoms with E-state index in [4.69, 9.17) is 0 Å². The summed E-state index contributed by atoms with van der Waals surface area (Å²) in [6.07, 6.45) is 4.40. The summed E-state index contributed by atoms with van der Waals surface area (Å²) < 4.78 is 0. The molecule has 0 spiro atoms. The van der Waals surface area contributed by atoms with Crippen LogP contribution in [0, 0.1) is 5.41 Å². The zero-order chi connectivity index (χ0) is 10.5. The van der Waals surface area contributed by atoms with Crippen LogP contribution in [0.4, 0.5) is 0 Å². The van der Waals surface area contributed by atoms with Crippen molar-refractivity contribution >= 4 is 11.8 Å². The van der Waals surface area contributed by atoms with Crippen LogP contribution in [0.3, 0.4) is 0 Å². The maximum atomic E-state index is 4.15. The van der Waals surface area contributed by atoms with E-state index in [9.17, 15) is 0 Å². The maximum absolute atomic E-state index is 4.15. The number of hydrogen-bond donors (Lipinski definition) is 0. The molecule has 0 radical (unpaired) electrons. The highest BCUT2D eigenvalue weighted by molar-refractivity contribution is 8.01. The van der Waals surface area contributed by atoms with Crippen LogP contribution in [0.2, 0.25) is 0 Å². The second kappa shape index (κ2) is 5.54. The van der Waals surface area contributed by atoms with Crippen LogP contribution in [0.15, 0.2) is 23.1 Å². The lowest BCUT2D eigenvalue weighted by Gasteiger charge is -2.24. The minimum absolute atomic E-state index is 0.231. The van der Waals surface area contributed by atoms with Gasteiger partial charge in [0.15, 0.2) is 0 Å². The van der Waals surface area contributed by atoms with E-state index >= 15 is 0 Å². The minimum Gasteiger partial charge on any atom is -0.137 e. The molecule has 0 N–H and O–H groups in total. The predicted octanol–water partition coefficient (Wildman–Crippen LogP) is 4.64. The van der Waals surface area contributed by atoms with Crippen molar-refractivity contribution in [3.05, 3.63) is 23.1 Å². The van der Waals surface area contributed by atoms with Crippen molar-refractivity contribution < 1.29 is 0 Å². The summed E-state index contributed by atoms with van der Waals surface area (Å²) in [5.41, 5.74) is 2.93. The molecule has 0 atom stereocenters. The molecular formula is C12H22S. The molecular weight excluding hydrogens is 176 g/mol. The number of hydrogen-bond acceptors (Lipinski definition) is 1. The van der Waals surface area contributed by atoms with Gasteiger partial charge in [-0.1, -0.05) is 46.3 Å². The molecule has 0 heterocycles. The molecule has 0 amide bonds. The molecule has 76 valence electrons. The Morgan fingerprint density at radius 2 is 1.92 bits per heavy atom. The average molecular weight is 198 g/mol. The van der Waals surface area contributed by atoms with Crippen molar-refractivity contribution in [3.63, 3.8) is 0 Å². The Balaban J connectivity index is 4.63. The van der Waals surface area contributed by atoms with Gasteiger partial charge in [0, 0.05) is 0 Å². The molecule has 0 unspecified atom stereocenters. The van der Waals surface area contributed by atoms with Crippen LogP contribution in [-0.4, -0.2) is 6.26 Å². The third kappa shape index (κ3) is 4.56. The van der Waals surface area contributed by atoms with Crippen molar-refractivity contribution in [2.45, 2.75) is 40.5 Å². The van der Waals surface area contributed by atoms with Crippen molar-refractivity contribution in [1.29, 1.82) is 0 Å². The van der Waals surface area contributed by atoms with Gasteiger partial charge in [-0.25, -0.2) is 0 Å². The smallest absolute Gasteiger partial charge is 0.0124 e. The van der Waals surface area contributed by atoms with Crippen molar-refractivity contribution in [3.8, 4) is 0 Å². The molecule has 0 aromatic carbocycles. The van der Waals surface area contributed by atoms with E-state index in [0.29, 0.717) is 0 Å². The molecule has 0 aliphatic rings. The van der Waals surface area contributed by atoms with E-state index in [1.54, 1.807) is 11.8 Å². The number of thioether (sulfide) groups is 1. The van der Waals surface area contributed by atoms with Gasteiger partial charge < -0.3 is 0 Å². The van der Waals surface area contributed by atoms with Crippen LogP contribution in [-0.2, 0) is 0 Å². The lowest BCUT2D eigenvalue weighted by Crippen LogP contribution is -2.10. The molecule has 0 saturated carbocycles. The van der Waals surface area contributed by atoms with Gasteiger partial charge in [-0.05, 0) is 29.1 Å². The largest absolute Gasteiger partial charge is 0.137 e. The summed E-state index contributed by atoms with van der Waals surface area (Å²) in [7, 11) is 0. The van der Waals surface area contributed by atoms with E-state index in [0.717, 1.165) is 6.42 Å². The molecule has 0 aliphatic carbocycles. The number of rotatable bonds is 4. The molecule has 0 nitrogen and oxygen atoms in total. The van der Waals surface area contributed by atoms with Crippen LogP contribution in [0.5, 0.6) is 0 Å². The van der Waals surface area contributed by atoms with E-state index in [1.165, 1.54) is 17.6 Å². The van der Waals surface area contributed by atoms with Crippen molar-refractivity contribution in [2.75, 3.05) is 6.26 Å². The summed E-state index contributed by atoms with van der Waals surface area (Å²) in [5, 5.41) is 2.23. The second-order valence-electron chi connectivity index (χ2n) is 4.37. The van der Waals surface area contributed by atoms with Gasteiger partial charge in [-0.2, -0.15) is 0 Å². The molecule has 1 heteroatoms. The zero-order valence-corrected chi connectivity index (χ0v) is 10.4. The van der Waals surface area contributed by atoms with E-state index < -0.39 is 0 Å².